The molecule has 2 aliphatic rings. The summed E-state index contributed by atoms with van der Waals surface area (Å²) in [5.41, 5.74) is 7.90. The van der Waals surface area contributed by atoms with Gasteiger partial charge in [0.05, 0.1) is 6.61 Å². The molecule has 0 amide bonds. The van der Waals surface area contributed by atoms with E-state index >= 15 is 0 Å². The van der Waals surface area contributed by atoms with Crippen LogP contribution in [0.2, 0.25) is 0 Å². The maximum absolute atomic E-state index is 12.4. The number of rotatable bonds is 2. The summed E-state index contributed by atoms with van der Waals surface area (Å²) in [5.74, 6) is 1.40. The second-order valence-corrected chi connectivity index (χ2v) is 5.40. The fourth-order valence-corrected chi connectivity index (χ4v) is 2.96. The van der Waals surface area contributed by atoms with E-state index in [1.807, 2.05) is 18.2 Å². The second kappa shape index (κ2) is 4.73. The van der Waals surface area contributed by atoms with Crippen LogP contribution in [0.3, 0.4) is 0 Å². The first kappa shape index (κ1) is 11.7. The number of nitrogens with two attached hydrogens (primary N) is 1. The molecule has 3 nitrogen and oxygen atoms in total. The summed E-state index contributed by atoms with van der Waals surface area (Å²) in [6, 6.07) is 6.15. The van der Waals surface area contributed by atoms with Crippen molar-refractivity contribution in [2.75, 3.05) is 6.61 Å². The largest absolute Gasteiger partial charge is 0.493 e. The van der Waals surface area contributed by atoms with Gasteiger partial charge in [-0.05, 0) is 49.4 Å². The zero-order valence-electron chi connectivity index (χ0n) is 10.5. The molecule has 1 aromatic rings. The molecule has 18 heavy (non-hydrogen) atoms. The van der Waals surface area contributed by atoms with Crippen molar-refractivity contribution in [1.29, 1.82) is 0 Å². The van der Waals surface area contributed by atoms with Crippen LogP contribution in [0.25, 0.3) is 0 Å². The number of hydrogen-bond acceptors (Lipinski definition) is 3. The summed E-state index contributed by atoms with van der Waals surface area (Å²) in [6.07, 6.45) is 4.75. The Hall–Kier alpha value is -1.35. The van der Waals surface area contributed by atoms with Crippen LogP contribution in [0.1, 0.15) is 41.6 Å². The third-order valence-corrected chi connectivity index (χ3v) is 4.12. The lowest BCUT2D eigenvalue weighted by Gasteiger charge is -2.25. The Labute approximate surface area is 107 Å². The monoisotopic (exact) mass is 245 g/mol. The zero-order chi connectivity index (χ0) is 12.5. The summed E-state index contributed by atoms with van der Waals surface area (Å²) in [4.78, 5) is 12.4. The van der Waals surface area contributed by atoms with Gasteiger partial charge in [0, 0.05) is 23.9 Å². The second-order valence-electron chi connectivity index (χ2n) is 5.40. The number of ketones is 1. The molecule has 3 heteroatoms. The first-order valence-corrected chi connectivity index (χ1v) is 6.79. The summed E-state index contributed by atoms with van der Waals surface area (Å²) in [6.45, 7) is 0.741. The van der Waals surface area contributed by atoms with E-state index in [-0.39, 0.29) is 11.7 Å². The number of carbonyl (C=O) groups excluding carboxylic acids is 1. The molecule has 0 spiro atoms. The van der Waals surface area contributed by atoms with E-state index in [9.17, 15) is 4.79 Å². The fraction of sp³-hybridized carbons (Fsp3) is 0.533. The molecule has 0 saturated heterocycles. The summed E-state index contributed by atoms with van der Waals surface area (Å²) in [5, 5.41) is 0. The molecule has 0 atom stereocenters. The molecule has 1 fully saturated rings. The van der Waals surface area contributed by atoms with Gasteiger partial charge in [-0.1, -0.05) is 0 Å². The number of benzene rings is 1. The molecule has 1 saturated carbocycles. The maximum atomic E-state index is 12.4. The zero-order valence-corrected chi connectivity index (χ0v) is 10.5. The Morgan fingerprint density at radius 1 is 1.22 bits per heavy atom. The normalized spacial score (nSPS) is 26.5. The molecule has 0 bridgehead atoms. The Balaban J connectivity index is 1.76. The van der Waals surface area contributed by atoms with Gasteiger partial charge in [0.15, 0.2) is 5.78 Å². The molecule has 96 valence electrons. The molecule has 1 aromatic carbocycles. The molecule has 2 N–H and O–H groups in total. The molecule has 0 aromatic heterocycles. The highest BCUT2D eigenvalue weighted by molar-refractivity contribution is 5.98. The van der Waals surface area contributed by atoms with E-state index in [4.69, 9.17) is 10.5 Å². The van der Waals surface area contributed by atoms with Crippen LogP contribution in [0.5, 0.6) is 5.75 Å². The number of hydrogen-bond donors (Lipinski definition) is 1. The predicted octanol–water partition coefficient (Wildman–Crippen LogP) is 2.32. The topological polar surface area (TPSA) is 52.3 Å². The quantitative estimate of drug-likeness (QED) is 0.813. The maximum Gasteiger partial charge on any atom is 0.165 e. The van der Waals surface area contributed by atoms with E-state index < -0.39 is 0 Å². The van der Waals surface area contributed by atoms with Gasteiger partial charge in [0.25, 0.3) is 0 Å². The minimum atomic E-state index is 0.171. The lowest BCUT2D eigenvalue weighted by molar-refractivity contribution is 0.0884. The standard InChI is InChI=1S/C15H19NO2/c16-13-4-1-10(2-5-13)15(17)12-3-6-14-11(9-12)7-8-18-14/h3,6,9-10,13H,1-2,4-5,7-8,16H2. The van der Waals surface area contributed by atoms with E-state index in [1.165, 1.54) is 5.56 Å². The molecule has 1 heterocycles. The first-order chi connectivity index (χ1) is 8.74. The van der Waals surface area contributed by atoms with Crippen LogP contribution in [0.4, 0.5) is 0 Å². The highest BCUT2D eigenvalue weighted by Gasteiger charge is 2.26. The minimum Gasteiger partial charge on any atom is -0.493 e. The van der Waals surface area contributed by atoms with Crippen LogP contribution < -0.4 is 10.5 Å². The van der Waals surface area contributed by atoms with E-state index in [2.05, 4.69) is 0 Å². The van der Waals surface area contributed by atoms with Gasteiger partial charge in [0.1, 0.15) is 5.75 Å². The number of carbonyl (C=O) groups is 1. The van der Waals surface area contributed by atoms with E-state index in [0.717, 1.165) is 50.0 Å². The van der Waals surface area contributed by atoms with Crippen molar-refractivity contribution in [3.8, 4) is 5.75 Å². The highest BCUT2D eigenvalue weighted by atomic mass is 16.5. The molecule has 1 aliphatic heterocycles. The third kappa shape index (κ3) is 2.15. The number of fused-ring (bicyclic) bond motifs is 1. The van der Waals surface area contributed by atoms with Crippen molar-refractivity contribution >= 4 is 5.78 Å². The molecular weight excluding hydrogens is 226 g/mol. The lowest BCUT2D eigenvalue weighted by Crippen LogP contribution is -2.29. The van der Waals surface area contributed by atoms with Crippen LogP contribution in [0.15, 0.2) is 18.2 Å². The van der Waals surface area contributed by atoms with Gasteiger partial charge in [-0.2, -0.15) is 0 Å². The Bertz CT molecular complexity index is 462. The highest BCUT2D eigenvalue weighted by Crippen LogP contribution is 2.30. The van der Waals surface area contributed by atoms with Crippen LogP contribution >= 0.6 is 0 Å². The van der Waals surface area contributed by atoms with E-state index in [0.29, 0.717) is 6.04 Å². The van der Waals surface area contributed by atoms with Crippen LogP contribution in [-0.2, 0) is 6.42 Å². The van der Waals surface area contributed by atoms with Crippen molar-refractivity contribution < 1.29 is 9.53 Å². The lowest BCUT2D eigenvalue weighted by atomic mass is 9.81. The van der Waals surface area contributed by atoms with Crippen LogP contribution in [0, 0.1) is 5.92 Å². The Morgan fingerprint density at radius 3 is 2.78 bits per heavy atom. The van der Waals surface area contributed by atoms with Crippen LogP contribution in [-0.4, -0.2) is 18.4 Å². The van der Waals surface area contributed by atoms with Gasteiger partial charge in [0.2, 0.25) is 0 Å². The Kier molecular flexibility index (Phi) is 3.08. The van der Waals surface area contributed by atoms with Gasteiger partial charge in [-0.3, -0.25) is 4.79 Å². The van der Waals surface area contributed by atoms with Crippen molar-refractivity contribution in [2.45, 2.75) is 38.1 Å². The van der Waals surface area contributed by atoms with Crippen molar-refractivity contribution in [1.82, 2.24) is 0 Å². The minimum absolute atomic E-state index is 0.171. The molecular formula is C15H19NO2. The van der Waals surface area contributed by atoms with Gasteiger partial charge in [-0.25, -0.2) is 0 Å². The number of ether oxygens (including phenoxy) is 1. The summed E-state index contributed by atoms with van der Waals surface area (Å²) in [7, 11) is 0. The SMILES string of the molecule is NC1CCC(C(=O)c2ccc3c(c2)CCO3)CC1. The van der Waals surface area contributed by atoms with Gasteiger partial charge >= 0.3 is 0 Å². The van der Waals surface area contributed by atoms with Gasteiger partial charge in [-0.15, -0.1) is 0 Å². The molecule has 0 radical (unpaired) electrons. The third-order valence-electron chi connectivity index (χ3n) is 4.12. The fourth-order valence-electron chi connectivity index (χ4n) is 2.96. The first-order valence-electron chi connectivity index (χ1n) is 6.79. The van der Waals surface area contributed by atoms with E-state index in [1.54, 1.807) is 0 Å². The van der Waals surface area contributed by atoms with Crippen molar-refractivity contribution in [3.63, 3.8) is 0 Å². The Morgan fingerprint density at radius 2 is 2.00 bits per heavy atom. The molecule has 0 unspecified atom stereocenters. The van der Waals surface area contributed by atoms with Crippen molar-refractivity contribution in [3.05, 3.63) is 29.3 Å². The average Bonchev–Trinajstić information content (AvgIpc) is 2.86. The number of Topliss-reactive ketones (excluding diaryl/α,β-unsaturated/α-hetero) is 1. The average molecular weight is 245 g/mol. The van der Waals surface area contributed by atoms with Crippen molar-refractivity contribution in [2.24, 2.45) is 11.7 Å². The summed E-state index contributed by atoms with van der Waals surface area (Å²) < 4.78 is 5.46. The molecule has 3 rings (SSSR count). The smallest absolute Gasteiger partial charge is 0.165 e. The molecule has 1 aliphatic carbocycles. The van der Waals surface area contributed by atoms with Gasteiger partial charge < -0.3 is 10.5 Å². The summed E-state index contributed by atoms with van der Waals surface area (Å²) >= 11 is 0. The predicted molar refractivity (Wildman–Crippen MR) is 69.9 cm³/mol.